The van der Waals surface area contributed by atoms with Gasteiger partial charge in [-0.3, -0.25) is 4.68 Å². The Hall–Kier alpha value is -1.17. The third-order valence-corrected chi connectivity index (χ3v) is 4.73. The molecule has 1 aromatic heterocycles. The molecular weight excluding hydrogens is 318 g/mol. The summed E-state index contributed by atoms with van der Waals surface area (Å²) in [6, 6.07) is 5.93. The number of aliphatic hydroxyl groups is 1. The Bertz CT molecular complexity index is 643. The van der Waals surface area contributed by atoms with Crippen molar-refractivity contribution in [1.82, 2.24) is 9.78 Å². The molecule has 0 aliphatic heterocycles. The molecule has 0 aliphatic rings. The number of nitrogens with one attached hydrogen (secondary N) is 1. The molecule has 120 valence electrons. The van der Waals surface area contributed by atoms with E-state index in [2.05, 4.69) is 17.3 Å². The molecule has 0 radical (unpaired) electrons. The van der Waals surface area contributed by atoms with E-state index in [4.69, 9.17) is 16.7 Å². The lowest BCUT2D eigenvalue weighted by Crippen LogP contribution is -2.07. The minimum atomic E-state index is 0.0976. The smallest absolute Gasteiger partial charge is 0.0646 e. The Labute approximate surface area is 140 Å². The van der Waals surface area contributed by atoms with Crippen LogP contribution in [0.5, 0.6) is 0 Å². The largest absolute Gasteiger partial charge is 0.394 e. The lowest BCUT2D eigenvalue weighted by molar-refractivity contribution is 0.268. The minimum Gasteiger partial charge on any atom is -0.394 e. The molecule has 0 unspecified atom stereocenters. The Kier molecular flexibility index (Phi) is 6.17. The number of benzene rings is 1. The van der Waals surface area contributed by atoms with Crippen LogP contribution in [-0.4, -0.2) is 27.2 Å². The standard InChI is InChI=1S/C16H22ClN3OS/c1-4-22-16-6-5-13(17)9-15(16)18-10-14-11(2)19-20(7-8-21)12(14)3/h5-6,9,18,21H,4,7-8,10H2,1-3H3. The monoisotopic (exact) mass is 339 g/mol. The highest BCUT2D eigenvalue weighted by Crippen LogP contribution is 2.30. The highest BCUT2D eigenvalue weighted by Gasteiger charge is 2.12. The van der Waals surface area contributed by atoms with E-state index in [0.29, 0.717) is 13.1 Å². The highest BCUT2D eigenvalue weighted by molar-refractivity contribution is 7.99. The van der Waals surface area contributed by atoms with Gasteiger partial charge < -0.3 is 10.4 Å². The Morgan fingerprint density at radius 2 is 2.14 bits per heavy atom. The van der Waals surface area contributed by atoms with Gasteiger partial charge in [0.2, 0.25) is 0 Å². The first kappa shape index (κ1) is 17.2. The fourth-order valence-electron chi connectivity index (χ4n) is 2.41. The van der Waals surface area contributed by atoms with Gasteiger partial charge in [-0.25, -0.2) is 0 Å². The van der Waals surface area contributed by atoms with Crippen molar-refractivity contribution in [2.75, 3.05) is 17.7 Å². The second-order valence-corrected chi connectivity index (χ2v) is 6.77. The van der Waals surface area contributed by atoms with Gasteiger partial charge in [0.1, 0.15) is 0 Å². The molecule has 0 bridgehead atoms. The topological polar surface area (TPSA) is 50.1 Å². The van der Waals surface area contributed by atoms with Crippen LogP contribution in [0, 0.1) is 13.8 Å². The first-order valence-corrected chi connectivity index (χ1v) is 8.73. The van der Waals surface area contributed by atoms with Gasteiger partial charge in [0.15, 0.2) is 0 Å². The number of aromatic nitrogens is 2. The molecule has 0 amide bonds. The summed E-state index contributed by atoms with van der Waals surface area (Å²) < 4.78 is 1.85. The lowest BCUT2D eigenvalue weighted by atomic mass is 10.2. The SMILES string of the molecule is CCSc1ccc(Cl)cc1NCc1c(C)nn(CCO)c1C. The van der Waals surface area contributed by atoms with E-state index in [1.165, 1.54) is 10.5 Å². The van der Waals surface area contributed by atoms with E-state index >= 15 is 0 Å². The summed E-state index contributed by atoms with van der Waals surface area (Å²) in [6.07, 6.45) is 0. The van der Waals surface area contributed by atoms with Crippen LogP contribution in [0.25, 0.3) is 0 Å². The van der Waals surface area contributed by atoms with Crippen LogP contribution >= 0.6 is 23.4 Å². The number of hydrogen-bond donors (Lipinski definition) is 2. The average molecular weight is 340 g/mol. The molecule has 1 heterocycles. The van der Waals surface area contributed by atoms with Gasteiger partial charge >= 0.3 is 0 Å². The average Bonchev–Trinajstić information content (AvgIpc) is 2.75. The van der Waals surface area contributed by atoms with Gasteiger partial charge in [-0.05, 0) is 37.8 Å². The molecule has 2 N–H and O–H groups in total. The van der Waals surface area contributed by atoms with Crippen LogP contribution in [0.1, 0.15) is 23.9 Å². The van der Waals surface area contributed by atoms with Crippen LogP contribution < -0.4 is 5.32 Å². The molecule has 0 aliphatic carbocycles. The normalized spacial score (nSPS) is 11.0. The van der Waals surface area contributed by atoms with Crippen LogP contribution in [0.3, 0.4) is 0 Å². The van der Waals surface area contributed by atoms with Crippen molar-refractivity contribution in [3.63, 3.8) is 0 Å². The molecule has 0 saturated heterocycles. The van der Waals surface area contributed by atoms with Crippen LogP contribution in [0.2, 0.25) is 5.02 Å². The zero-order chi connectivity index (χ0) is 16.1. The predicted octanol–water partition coefficient (Wildman–Crippen LogP) is 3.87. The number of anilines is 1. The van der Waals surface area contributed by atoms with Gasteiger partial charge in [-0.15, -0.1) is 11.8 Å². The van der Waals surface area contributed by atoms with Crippen molar-refractivity contribution in [2.45, 2.75) is 38.8 Å². The maximum Gasteiger partial charge on any atom is 0.0646 e. The molecule has 22 heavy (non-hydrogen) atoms. The number of thioether (sulfide) groups is 1. The zero-order valence-electron chi connectivity index (χ0n) is 13.2. The summed E-state index contributed by atoms with van der Waals surface area (Å²) in [4.78, 5) is 1.20. The maximum atomic E-state index is 9.08. The van der Waals surface area contributed by atoms with E-state index in [1.807, 2.05) is 36.7 Å². The summed E-state index contributed by atoms with van der Waals surface area (Å²) in [5, 5.41) is 17.8. The van der Waals surface area contributed by atoms with E-state index in [0.717, 1.165) is 27.9 Å². The number of nitrogens with zero attached hydrogens (tertiary/aromatic N) is 2. The third-order valence-electron chi connectivity index (χ3n) is 3.54. The van der Waals surface area contributed by atoms with Crippen molar-refractivity contribution in [1.29, 1.82) is 0 Å². The summed E-state index contributed by atoms with van der Waals surface area (Å²) >= 11 is 7.91. The van der Waals surface area contributed by atoms with Crippen LogP contribution in [0.4, 0.5) is 5.69 Å². The van der Waals surface area contributed by atoms with Gasteiger partial charge in [0.05, 0.1) is 18.8 Å². The summed E-state index contributed by atoms with van der Waals surface area (Å²) in [6.45, 7) is 7.49. The molecule has 0 atom stereocenters. The van der Waals surface area contributed by atoms with Crippen LogP contribution in [0.15, 0.2) is 23.1 Å². The molecular formula is C16H22ClN3OS. The van der Waals surface area contributed by atoms with Crippen molar-refractivity contribution in [2.24, 2.45) is 0 Å². The first-order chi connectivity index (χ1) is 10.6. The van der Waals surface area contributed by atoms with Crippen LogP contribution in [-0.2, 0) is 13.1 Å². The molecule has 0 spiro atoms. The molecule has 2 rings (SSSR count). The van der Waals surface area contributed by atoms with Gasteiger partial charge in [0, 0.05) is 33.4 Å². The zero-order valence-corrected chi connectivity index (χ0v) is 14.8. The van der Waals surface area contributed by atoms with Crippen molar-refractivity contribution >= 4 is 29.1 Å². The van der Waals surface area contributed by atoms with Gasteiger partial charge in [-0.1, -0.05) is 18.5 Å². The van der Waals surface area contributed by atoms with Crippen molar-refractivity contribution < 1.29 is 5.11 Å². The van der Waals surface area contributed by atoms with Crippen molar-refractivity contribution in [3.8, 4) is 0 Å². The van der Waals surface area contributed by atoms with E-state index in [9.17, 15) is 0 Å². The fraction of sp³-hybridized carbons (Fsp3) is 0.438. The molecule has 1 aromatic carbocycles. The number of aliphatic hydroxyl groups excluding tert-OH is 1. The Morgan fingerprint density at radius 1 is 1.36 bits per heavy atom. The van der Waals surface area contributed by atoms with E-state index < -0.39 is 0 Å². The minimum absolute atomic E-state index is 0.0976. The summed E-state index contributed by atoms with van der Waals surface area (Å²) in [5.41, 5.74) is 4.30. The number of halogens is 1. The summed E-state index contributed by atoms with van der Waals surface area (Å²) in [7, 11) is 0. The third kappa shape index (κ3) is 3.97. The second-order valence-electron chi connectivity index (χ2n) is 5.02. The number of rotatable bonds is 7. The number of aryl methyl sites for hydroxylation is 1. The molecule has 0 fully saturated rings. The first-order valence-electron chi connectivity index (χ1n) is 7.36. The number of hydrogen-bond acceptors (Lipinski definition) is 4. The highest BCUT2D eigenvalue weighted by atomic mass is 35.5. The van der Waals surface area contributed by atoms with Crippen molar-refractivity contribution in [3.05, 3.63) is 40.2 Å². The predicted molar refractivity (Wildman–Crippen MR) is 94.0 cm³/mol. The molecule has 0 saturated carbocycles. The van der Waals surface area contributed by atoms with Gasteiger partial charge in [0.25, 0.3) is 0 Å². The van der Waals surface area contributed by atoms with E-state index in [-0.39, 0.29) is 6.61 Å². The molecule has 2 aromatic rings. The quantitative estimate of drug-likeness (QED) is 0.752. The Balaban J connectivity index is 2.18. The maximum absolute atomic E-state index is 9.08. The fourth-order valence-corrected chi connectivity index (χ4v) is 3.34. The molecule has 4 nitrogen and oxygen atoms in total. The summed E-state index contributed by atoms with van der Waals surface area (Å²) in [5.74, 6) is 1.02. The molecule has 6 heteroatoms. The lowest BCUT2D eigenvalue weighted by Gasteiger charge is -2.12. The van der Waals surface area contributed by atoms with Gasteiger partial charge in [-0.2, -0.15) is 5.10 Å². The second kappa shape index (κ2) is 7.90. The van der Waals surface area contributed by atoms with E-state index in [1.54, 1.807) is 11.8 Å². The Morgan fingerprint density at radius 3 is 2.82 bits per heavy atom.